The number of hydrogen-bond donors (Lipinski definition) is 2. The zero-order valence-electron chi connectivity index (χ0n) is 17.9. The van der Waals surface area contributed by atoms with Crippen molar-refractivity contribution in [2.75, 3.05) is 26.6 Å². The molecule has 3 aromatic rings. The smallest absolute Gasteiger partial charge is 0.339 e. The van der Waals surface area contributed by atoms with Gasteiger partial charge in [0.2, 0.25) is 5.91 Å². The molecule has 0 fully saturated rings. The minimum absolute atomic E-state index is 0.0465. The summed E-state index contributed by atoms with van der Waals surface area (Å²) in [5.74, 6) is -2.97. The minimum Gasteiger partial charge on any atom is -0.496 e. The third-order valence-corrected chi connectivity index (χ3v) is 5.49. The Hall–Kier alpha value is -4.08. The Labute approximate surface area is 187 Å². The van der Waals surface area contributed by atoms with Gasteiger partial charge < -0.3 is 29.2 Å². The number of amides is 1. The number of rotatable bonds is 6. The quantitative estimate of drug-likeness (QED) is 0.580. The van der Waals surface area contributed by atoms with Gasteiger partial charge in [0.15, 0.2) is 11.5 Å². The van der Waals surface area contributed by atoms with E-state index in [2.05, 4.69) is 5.32 Å². The van der Waals surface area contributed by atoms with Crippen molar-refractivity contribution in [1.82, 2.24) is 4.57 Å². The average Bonchev–Trinajstić information content (AvgIpc) is 3.16. The van der Waals surface area contributed by atoms with Crippen molar-refractivity contribution in [1.29, 1.82) is 0 Å². The Bertz CT molecular complexity index is 1250. The molecule has 8 nitrogen and oxygen atoms in total. The topological polar surface area (TPSA) is 99.0 Å². The van der Waals surface area contributed by atoms with Crippen molar-refractivity contribution in [2.45, 2.75) is 12.3 Å². The molecule has 1 atom stereocenters. The molecule has 0 radical (unpaired) electrons. The first-order valence-corrected chi connectivity index (χ1v) is 9.82. The number of carboxylic acids is 1. The highest BCUT2D eigenvalue weighted by atomic mass is 19.1. The summed E-state index contributed by atoms with van der Waals surface area (Å²) in [5.41, 5.74) is 0.746. The van der Waals surface area contributed by atoms with E-state index in [1.165, 1.54) is 32.1 Å². The third kappa shape index (κ3) is 3.84. The van der Waals surface area contributed by atoms with Crippen LogP contribution in [0.2, 0.25) is 0 Å². The molecule has 1 unspecified atom stereocenters. The average molecular weight is 458 g/mol. The maximum Gasteiger partial charge on any atom is 0.339 e. The second-order valence-electron chi connectivity index (χ2n) is 7.36. The van der Waals surface area contributed by atoms with Crippen LogP contribution >= 0.6 is 0 Å². The number of ether oxygens (including phenoxy) is 3. The first kappa shape index (κ1) is 22.1. The van der Waals surface area contributed by atoms with Crippen LogP contribution in [-0.2, 0) is 4.79 Å². The second kappa shape index (κ2) is 8.45. The summed E-state index contributed by atoms with van der Waals surface area (Å²) in [6.45, 7) is 0. The summed E-state index contributed by atoms with van der Waals surface area (Å²) in [4.78, 5) is 24.5. The molecule has 0 spiro atoms. The lowest BCUT2D eigenvalue weighted by Gasteiger charge is -2.28. The Morgan fingerprint density at radius 3 is 2.18 bits per heavy atom. The molecule has 2 N–H and O–H groups in total. The van der Waals surface area contributed by atoms with E-state index in [-0.39, 0.29) is 23.4 Å². The van der Waals surface area contributed by atoms with Crippen LogP contribution in [-0.4, -0.2) is 42.9 Å². The van der Waals surface area contributed by atoms with Crippen LogP contribution in [0.3, 0.4) is 0 Å². The number of carbonyl (C=O) groups is 2. The van der Waals surface area contributed by atoms with Gasteiger partial charge in [0, 0.05) is 36.2 Å². The lowest BCUT2D eigenvalue weighted by atomic mass is 9.87. The zero-order chi connectivity index (χ0) is 23.9. The first-order chi connectivity index (χ1) is 15.8. The molecule has 2 heterocycles. The van der Waals surface area contributed by atoms with E-state index in [1.54, 1.807) is 12.1 Å². The molecule has 0 saturated heterocycles. The molecule has 33 heavy (non-hydrogen) atoms. The fourth-order valence-electron chi connectivity index (χ4n) is 4.10. The van der Waals surface area contributed by atoms with Gasteiger partial charge in [0.05, 0.1) is 38.4 Å². The lowest BCUT2D eigenvalue weighted by molar-refractivity contribution is -0.116. The number of benzene rings is 2. The fourth-order valence-corrected chi connectivity index (χ4v) is 4.10. The van der Waals surface area contributed by atoms with Gasteiger partial charge in [-0.1, -0.05) is 0 Å². The number of hydrogen-bond acceptors (Lipinski definition) is 5. The number of aromatic carboxylic acids is 1. The molecular weight excluding hydrogens is 438 g/mol. The van der Waals surface area contributed by atoms with Gasteiger partial charge in [-0.05, 0) is 18.2 Å². The highest BCUT2D eigenvalue weighted by molar-refractivity contribution is 6.04. The summed E-state index contributed by atoms with van der Waals surface area (Å²) < 4.78 is 45.6. The van der Waals surface area contributed by atoms with Gasteiger partial charge >= 0.3 is 5.97 Å². The van der Waals surface area contributed by atoms with Crippen LogP contribution in [0.1, 0.15) is 34.0 Å². The lowest BCUT2D eigenvalue weighted by Crippen LogP contribution is -2.26. The molecular formula is C23H20F2N2O6. The van der Waals surface area contributed by atoms with Gasteiger partial charge in [0.25, 0.3) is 0 Å². The predicted octanol–water partition coefficient (Wildman–Crippen LogP) is 3.95. The van der Waals surface area contributed by atoms with Gasteiger partial charge in [-0.15, -0.1) is 0 Å². The largest absolute Gasteiger partial charge is 0.496 e. The van der Waals surface area contributed by atoms with E-state index in [1.807, 2.05) is 0 Å². The highest BCUT2D eigenvalue weighted by Crippen LogP contribution is 2.47. The molecule has 10 heteroatoms. The molecule has 4 rings (SSSR count). The third-order valence-electron chi connectivity index (χ3n) is 5.49. The molecule has 1 aliphatic rings. The highest BCUT2D eigenvalue weighted by Gasteiger charge is 2.36. The van der Waals surface area contributed by atoms with Crippen molar-refractivity contribution >= 4 is 17.6 Å². The van der Waals surface area contributed by atoms with Crippen LogP contribution in [0.5, 0.6) is 17.2 Å². The van der Waals surface area contributed by atoms with Gasteiger partial charge in [-0.3, -0.25) is 4.79 Å². The number of anilines is 1. The standard InChI is InChI=1S/C23H20F2N2O6/c1-31-17-9-19(33-3)18(32-2)7-14(17)15-8-20(28)26-21-16(23(29)30)10-27(22(15)21)13-5-11(24)4-12(25)6-13/h4-7,9-10,15H,8H2,1-3H3,(H,26,28)(H,29,30). The Kier molecular flexibility index (Phi) is 5.67. The number of carboxylic acid groups (broad SMARTS) is 1. The summed E-state index contributed by atoms with van der Waals surface area (Å²) in [6, 6.07) is 6.10. The molecule has 2 aromatic carbocycles. The van der Waals surface area contributed by atoms with Crippen molar-refractivity contribution in [3.05, 3.63) is 65.0 Å². The van der Waals surface area contributed by atoms with Crippen molar-refractivity contribution in [3.63, 3.8) is 0 Å². The van der Waals surface area contributed by atoms with Gasteiger partial charge in [-0.25, -0.2) is 13.6 Å². The SMILES string of the molecule is COc1cc(OC)c(C2CC(=O)Nc3c(C(=O)O)cn(-c4cc(F)cc(F)c4)c32)cc1OC. The normalized spacial score (nSPS) is 14.9. The van der Waals surface area contributed by atoms with Crippen LogP contribution in [0, 0.1) is 11.6 Å². The Morgan fingerprint density at radius 2 is 1.61 bits per heavy atom. The number of carbonyl (C=O) groups excluding carboxylic acids is 1. The Balaban J connectivity index is 2.02. The molecule has 0 aliphatic carbocycles. The first-order valence-electron chi connectivity index (χ1n) is 9.82. The van der Waals surface area contributed by atoms with E-state index in [0.717, 1.165) is 12.1 Å². The van der Waals surface area contributed by atoms with Crippen LogP contribution in [0.25, 0.3) is 5.69 Å². The van der Waals surface area contributed by atoms with E-state index in [9.17, 15) is 23.5 Å². The predicted molar refractivity (Wildman–Crippen MR) is 114 cm³/mol. The second-order valence-corrected chi connectivity index (χ2v) is 7.36. The molecule has 1 aromatic heterocycles. The van der Waals surface area contributed by atoms with Gasteiger partial charge in [-0.2, -0.15) is 0 Å². The molecule has 172 valence electrons. The maximum atomic E-state index is 14.0. The molecule has 0 saturated carbocycles. The number of fused-ring (bicyclic) bond motifs is 1. The molecule has 0 bridgehead atoms. The van der Waals surface area contributed by atoms with E-state index >= 15 is 0 Å². The van der Waals surface area contributed by atoms with Crippen LogP contribution in [0.4, 0.5) is 14.5 Å². The summed E-state index contributed by atoms with van der Waals surface area (Å²) in [7, 11) is 4.36. The maximum absolute atomic E-state index is 14.0. The minimum atomic E-state index is -1.30. The van der Waals surface area contributed by atoms with Crippen molar-refractivity contribution < 1.29 is 37.7 Å². The van der Waals surface area contributed by atoms with E-state index in [4.69, 9.17) is 14.2 Å². The number of aromatic nitrogens is 1. The zero-order valence-corrected chi connectivity index (χ0v) is 17.9. The summed E-state index contributed by atoms with van der Waals surface area (Å²) in [5, 5.41) is 12.3. The van der Waals surface area contributed by atoms with Gasteiger partial charge in [0.1, 0.15) is 22.9 Å². The summed E-state index contributed by atoms with van der Waals surface area (Å²) in [6.07, 6.45) is 1.16. The van der Waals surface area contributed by atoms with Crippen LogP contribution in [0.15, 0.2) is 36.5 Å². The summed E-state index contributed by atoms with van der Waals surface area (Å²) >= 11 is 0. The molecule has 1 amide bonds. The van der Waals surface area contributed by atoms with Crippen molar-refractivity contribution in [2.24, 2.45) is 0 Å². The van der Waals surface area contributed by atoms with Crippen LogP contribution < -0.4 is 19.5 Å². The van der Waals surface area contributed by atoms with E-state index < -0.39 is 29.4 Å². The number of halogens is 2. The fraction of sp³-hybridized carbons (Fsp3) is 0.217. The van der Waals surface area contributed by atoms with Crippen molar-refractivity contribution in [3.8, 4) is 22.9 Å². The number of nitrogens with one attached hydrogen (secondary N) is 1. The molecule has 1 aliphatic heterocycles. The monoisotopic (exact) mass is 458 g/mol. The van der Waals surface area contributed by atoms with E-state index in [0.29, 0.717) is 34.6 Å². The number of nitrogens with zero attached hydrogens (tertiary/aromatic N) is 1. The Morgan fingerprint density at radius 1 is 1.00 bits per heavy atom. The number of methoxy groups -OCH3 is 3.